The Kier molecular flexibility index (Phi) is 6.42. The van der Waals surface area contributed by atoms with Crippen LogP contribution < -0.4 is 5.73 Å². The molecular formula is C19H33N3. The van der Waals surface area contributed by atoms with E-state index < -0.39 is 0 Å². The van der Waals surface area contributed by atoms with Gasteiger partial charge in [0.15, 0.2) is 0 Å². The summed E-state index contributed by atoms with van der Waals surface area (Å²) in [6, 6.07) is 10.1. The van der Waals surface area contributed by atoms with Gasteiger partial charge in [0.1, 0.15) is 0 Å². The fourth-order valence-electron chi connectivity index (χ4n) is 3.56. The number of benzene rings is 1. The zero-order valence-electron chi connectivity index (χ0n) is 14.8. The molecule has 124 valence electrons. The van der Waals surface area contributed by atoms with Gasteiger partial charge >= 0.3 is 0 Å². The van der Waals surface area contributed by atoms with Crippen LogP contribution in [0.3, 0.4) is 0 Å². The Morgan fingerprint density at radius 2 is 1.73 bits per heavy atom. The van der Waals surface area contributed by atoms with Crippen molar-refractivity contribution in [2.24, 2.45) is 5.73 Å². The molecule has 1 aliphatic rings. The van der Waals surface area contributed by atoms with Crippen molar-refractivity contribution in [2.45, 2.75) is 52.1 Å². The van der Waals surface area contributed by atoms with Crippen LogP contribution in [0.5, 0.6) is 0 Å². The molecule has 22 heavy (non-hydrogen) atoms. The van der Waals surface area contributed by atoms with Gasteiger partial charge in [0.2, 0.25) is 0 Å². The summed E-state index contributed by atoms with van der Waals surface area (Å²) < 4.78 is 0. The molecule has 1 heterocycles. The largest absolute Gasteiger partial charge is 0.329 e. The first kappa shape index (κ1) is 17.5. The first-order chi connectivity index (χ1) is 10.6. The van der Waals surface area contributed by atoms with Gasteiger partial charge in [-0.15, -0.1) is 0 Å². The quantitative estimate of drug-likeness (QED) is 0.876. The normalized spacial score (nSPS) is 22.2. The highest BCUT2D eigenvalue weighted by atomic mass is 15.3. The van der Waals surface area contributed by atoms with Crippen LogP contribution in [0.4, 0.5) is 0 Å². The molecule has 0 saturated carbocycles. The number of nitrogens with zero attached hydrogens (tertiary/aromatic N) is 2. The summed E-state index contributed by atoms with van der Waals surface area (Å²) in [6.07, 6.45) is 1.19. The molecule has 1 aromatic carbocycles. The summed E-state index contributed by atoms with van der Waals surface area (Å²) in [5, 5.41) is 0. The van der Waals surface area contributed by atoms with Crippen LogP contribution >= 0.6 is 0 Å². The van der Waals surface area contributed by atoms with Crippen LogP contribution in [0.2, 0.25) is 0 Å². The highest BCUT2D eigenvalue weighted by Crippen LogP contribution is 2.27. The van der Waals surface area contributed by atoms with Crippen LogP contribution in [-0.4, -0.2) is 48.6 Å². The van der Waals surface area contributed by atoms with E-state index in [-0.39, 0.29) is 0 Å². The predicted octanol–water partition coefficient (Wildman–Crippen LogP) is 3.23. The number of nitrogens with two attached hydrogens (primary N) is 1. The van der Waals surface area contributed by atoms with Gasteiger partial charge in [-0.2, -0.15) is 0 Å². The Hall–Kier alpha value is -0.900. The van der Waals surface area contributed by atoms with Crippen molar-refractivity contribution in [3.63, 3.8) is 0 Å². The van der Waals surface area contributed by atoms with Crippen molar-refractivity contribution < 1.29 is 0 Å². The van der Waals surface area contributed by atoms with E-state index in [0.717, 1.165) is 19.6 Å². The zero-order chi connectivity index (χ0) is 16.1. The molecule has 0 aliphatic carbocycles. The van der Waals surface area contributed by atoms with Gasteiger partial charge in [0.25, 0.3) is 0 Å². The maximum atomic E-state index is 6.16. The number of hydrogen-bond acceptors (Lipinski definition) is 3. The number of hydrogen-bond donors (Lipinski definition) is 1. The summed E-state index contributed by atoms with van der Waals surface area (Å²) in [4.78, 5) is 5.19. The molecule has 0 amide bonds. The van der Waals surface area contributed by atoms with E-state index >= 15 is 0 Å². The van der Waals surface area contributed by atoms with Crippen LogP contribution in [0, 0.1) is 0 Å². The molecule has 0 bridgehead atoms. The monoisotopic (exact) mass is 303 g/mol. The molecule has 3 nitrogen and oxygen atoms in total. The Balaban J connectivity index is 2.16. The lowest BCUT2D eigenvalue weighted by Crippen LogP contribution is -2.54. The molecule has 0 spiro atoms. The maximum Gasteiger partial charge on any atom is 0.0474 e. The lowest BCUT2D eigenvalue weighted by Gasteiger charge is -2.45. The predicted molar refractivity (Wildman–Crippen MR) is 95.2 cm³/mol. The van der Waals surface area contributed by atoms with E-state index in [1.165, 1.54) is 24.1 Å². The fourth-order valence-corrected chi connectivity index (χ4v) is 3.56. The molecule has 2 N–H and O–H groups in total. The van der Waals surface area contributed by atoms with E-state index in [9.17, 15) is 0 Å². The van der Waals surface area contributed by atoms with Crippen LogP contribution in [0.15, 0.2) is 24.3 Å². The van der Waals surface area contributed by atoms with Crippen molar-refractivity contribution in [2.75, 3.05) is 32.7 Å². The Labute approximate surface area is 136 Å². The van der Waals surface area contributed by atoms with Crippen molar-refractivity contribution in [1.82, 2.24) is 9.80 Å². The van der Waals surface area contributed by atoms with E-state index in [1.54, 1.807) is 0 Å². The Bertz CT molecular complexity index is 440. The summed E-state index contributed by atoms with van der Waals surface area (Å²) >= 11 is 0. The number of rotatable bonds is 6. The second-order valence-electron chi connectivity index (χ2n) is 6.77. The van der Waals surface area contributed by atoms with Crippen molar-refractivity contribution in [3.05, 3.63) is 35.4 Å². The minimum atomic E-state index is 0.352. The van der Waals surface area contributed by atoms with Crippen LogP contribution in [0.25, 0.3) is 0 Å². The molecule has 1 aromatic rings. The van der Waals surface area contributed by atoms with Gasteiger partial charge in [-0.3, -0.25) is 4.90 Å². The van der Waals surface area contributed by atoms with Crippen LogP contribution in [-0.2, 0) is 0 Å². The van der Waals surface area contributed by atoms with Gasteiger partial charge in [-0.1, -0.05) is 52.0 Å². The Morgan fingerprint density at radius 3 is 2.23 bits per heavy atom. The van der Waals surface area contributed by atoms with Gasteiger partial charge < -0.3 is 10.6 Å². The summed E-state index contributed by atoms with van der Waals surface area (Å²) in [5.74, 6) is 0.585. The molecule has 3 heteroatoms. The highest BCUT2D eigenvalue weighted by Gasteiger charge is 2.30. The summed E-state index contributed by atoms with van der Waals surface area (Å²) in [7, 11) is 0. The first-order valence-electron chi connectivity index (χ1n) is 8.88. The van der Waals surface area contributed by atoms with Crippen LogP contribution in [0.1, 0.15) is 57.2 Å². The lowest BCUT2D eigenvalue weighted by atomic mass is 9.96. The van der Waals surface area contributed by atoms with E-state index in [2.05, 4.69) is 61.8 Å². The number of likely N-dealkylation sites (N-methyl/N-ethyl adjacent to an activating group) is 1. The SMILES string of the molecule is CCC1CN(CC)CCN1C(CN)c1ccc(C(C)C)cc1. The number of piperazine rings is 1. The highest BCUT2D eigenvalue weighted by molar-refractivity contribution is 5.27. The molecule has 2 rings (SSSR count). The molecule has 2 atom stereocenters. The molecule has 1 fully saturated rings. The van der Waals surface area contributed by atoms with Gasteiger partial charge in [-0.25, -0.2) is 0 Å². The van der Waals surface area contributed by atoms with E-state index in [0.29, 0.717) is 24.5 Å². The van der Waals surface area contributed by atoms with Crippen molar-refractivity contribution >= 4 is 0 Å². The minimum absolute atomic E-state index is 0.352. The topological polar surface area (TPSA) is 32.5 Å². The standard InChI is InChI=1S/C19H33N3/c1-5-18-14-21(6-2)11-12-22(18)19(13-20)17-9-7-16(8-10-17)15(3)4/h7-10,15,18-19H,5-6,11-14,20H2,1-4H3. The fraction of sp³-hybridized carbons (Fsp3) is 0.684. The molecule has 0 radical (unpaired) electrons. The summed E-state index contributed by atoms with van der Waals surface area (Å²) in [5.41, 5.74) is 8.94. The Morgan fingerprint density at radius 1 is 1.09 bits per heavy atom. The van der Waals surface area contributed by atoms with Gasteiger partial charge in [0.05, 0.1) is 0 Å². The third-order valence-electron chi connectivity index (χ3n) is 5.14. The first-order valence-corrected chi connectivity index (χ1v) is 8.88. The van der Waals surface area contributed by atoms with E-state index in [4.69, 9.17) is 5.73 Å². The second kappa shape index (κ2) is 8.09. The lowest BCUT2D eigenvalue weighted by molar-refractivity contribution is 0.0427. The molecule has 2 unspecified atom stereocenters. The summed E-state index contributed by atoms with van der Waals surface area (Å²) in [6.45, 7) is 14.4. The smallest absolute Gasteiger partial charge is 0.0474 e. The average molecular weight is 303 g/mol. The van der Waals surface area contributed by atoms with Gasteiger partial charge in [-0.05, 0) is 30.0 Å². The molecule has 1 saturated heterocycles. The minimum Gasteiger partial charge on any atom is -0.329 e. The third kappa shape index (κ3) is 3.89. The zero-order valence-corrected chi connectivity index (χ0v) is 14.8. The van der Waals surface area contributed by atoms with Crippen molar-refractivity contribution in [1.29, 1.82) is 0 Å². The van der Waals surface area contributed by atoms with E-state index in [1.807, 2.05) is 0 Å². The molecule has 1 aliphatic heterocycles. The average Bonchev–Trinajstić information content (AvgIpc) is 2.56. The molecular weight excluding hydrogens is 270 g/mol. The second-order valence-corrected chi connectivity index (χ2v) is 6.77. The maximum absolute atomic E-state index is 6.16. The third-order valence-corrected chi connectivity index (χ3v) is 5.14. The van der Waals surface area contributed by atoms with Crippen molar-refractivity contribution in [3.8, 4) is 0 Å². The molecule has 0 aromatic heterocycles. The van der Waals surface area contributed by atoms with Gasteiger partial charge in [0, 0.05) is 38.3 Å².